The number of hydrogen-bond acceptors (Lipinski definition) is 1. The number of para-hydroxylation sites is 1. The van der Waals surface area contributed by atoms with E-state index >= 15 is 0 Å². The highest BCUT2D eigenvalue weighted by atomic mass is 35.5. The van der Waals surface area contributed by atoms with E-state index in [0.717, 1.165) is 12.8 Å². The SMILES string of the molecule is CCC(Cc1nn(C)c2ccccc12)C(C)Cl. The second kappa shape index (κ2) is 5.09. The molecule has 2 rings (SSSR count). The van der Waals surface area contributed by atoms with Crippen molar-refractivity contribution in [3.63, 3.8) is 0 Å². The summed E-state index contributed by atoms with van der Waals surface area (Å²) in [6, 6.07) is 8.37. The third kappa shape index (κ3) is 2.47. The molecule has 1 heterocycles. The van der Waals surface area contributed by atoms with Crippen molar-refractivity contribution in [2.45, 2.75) is 32.1 Å². The fourth-order valence-corrected chi connectivity index (χ4v) is 2.59. The van der Waals surface area contributed by atoms with Crippen molar-refractivity contribution >= 4 is 22.5 Å². The standard InChI is InChI=1S/C14H19ClN2/c1-4-11(10(2)15)9-13-12-7-5-6-8-14(12)17(3)16-13/h5-8,10-11H,4,9H2,1-3H3. The molecule has 0 saturated carbocycles. The molecule has 1 aromatic carbocycles. The lowest BCUT2D eigenvalue weighted by molar-refractivity contribution is 0.490. The molecule has 17 heavy (non-hydrogen) atoms. The van der Waals surface area contributed by atoms with E-state index < -0.39 is 0 Å². The van der Waals surface area contributed by atoms with E-state index in [4.69, 9.17) is 11.6 Å². The average molecular weight is 251 g/mol. The number of fused-ring (bicyclic) bond motifs is 1. The molecule has 0 bridgehead atoms. The summed E-state index contributed by atoms with van der Waals surface area (Å²) in [4.78, 5) is 0. The van der Waals surface area contributed by atoms with Crippen molar-refractivity contribution in [1.29, 1.82) is 0 Å². The van der Waals surface area contributed by atoms with Gasteiger partial charge in [-0.05, 0) is 25.3 Å². The van der Waals surface area contributed by atoms with Gasteiger partial charge in [0.2, 0.25) is 0 Å². The molecule has 0 radical (unpaired) electrons. The van der Waals surface area contributed by atoms with Gasteiger partial charge in [-0.1, -0.05) is 31.5 Å². The summed E-state index contributed by atoms with van der Waals surface area (Å²) in [7, 11) is 2.00. The van der Waals surface area contributed by atoms with E-state index in [1.54, 1.807) is 0 Å². The van der Waals surface area contributed by atoms with Gasteiger partial charge in [0.15, 0.2) is 0 Å². The number of alkyl halides is 1. The zero-order chi connectivity index (χ0) is 12.4. The van der Waals surface area contributed by atoms with E-state index in [9.17, 15) is 0 Å². The lowest BCUT2D eigenvalue weighted by Crippen LogP contribution is -2.14. The first-order chi connectivity index (χ1) is 8.13. The van der Waals surface area contributed by atoms with Gasteiger partial charge >= 0.3 is 0 Å². The Labute approximate surface area is 108 Å². The van der Waals surface area contributed by atoms with E-state index in [-0.39, 0.29) is 5.38 Å². The van der Waals surface area contributed by atoms with Crippen LogP contribution in [0.25, 0.3) is 10.9 Å². The molecular weight excluding hydrogens is 232 g/mol. The molecule has 0 spiro atoms. The number of rotatable bonds is 4. The number of nitrogens with zero attached hydrogens (tertiary/aromatic N) is 2. The normalized spacial score (nSPS) is 15.1. The van der Waals surface area contributed by atoms with Crippen molar-refractivity contribution in [1.82, 2.24) is 9.78 Å². The smallest absolute Gasteiger partial charge is 0.0706 e. The highest BCUT2D eigenvalue weighted by Crippen LogP contribution is 2.24. The third-order valence-electron chi connectivity index (χ3n) is 3.46. The number of aromatic nitrogens is 2. The van der Waals surface area contributed by atoms with Crippen molar-refractivity contribution in [2.75, 3.05) is 0 Å². The van der Waals surface area contributed by atoms with E-state index in [1.165, 1.54) is 16.6 Å². The molecule has 2 atom stereocenters. The van der Waals surface area contributed by atoms with Crippen LogP contribution in [0.5, 0.6) is 0 Å². The predicted octanol–water partition coefficient (Wildman–Crippen LogP) is 3.77. The van der Waals surface area contributed by atoms with Gasteiger partial charge in [0.05, 0.1) is 11.2 Å². The molecule has 0 aliphatic carbocycles. The minimum absolute atomic E-state index is 0.195. The second-order valence-electron chi connectivity index (χ2n) is 4.64. The molecule has 0 saturated heterocycles. The molecule has 2 unspecified atom stereocenters. The molecule has 0 aliphatic heterocycles. The Balaban J connectivity index is 2.36. The first-order valence-electron chi connectivity index (χ1n) is 6.18. The highest BCUT2D eigenvalue weighted by molar-refractivity contribution is 6.20. The summed E-state index contributed by atoms with van der Waals surface area (Å²) in [5.41, 5.74) is 2.36. The van der Waals surface area contributed by atoms with Crippen LogP contribution >= 0.6 is 11.6 Å². The quantitative estimate of drug-likeness (QED) is 0.756. The zero-order valence-corrected chi connectivity index (χ0v) is 11.4. The third-order valence-corrected chi connectivity index (χ3v) is 3.82. The summed E-state index contributed by atoms with van der Waals surface area (Å²) in [5.74, 6) is 0.495. The monoisotopic (exact) mass is 250 g/mol. The molecular formula is C14H19ClN2. The Morgan fingerprint density at radius 3 is 2.71 bits per heavy atom. The van der Waals surface area contributed by atoms with Gasteiger partial charge in [0.1, 0.15) is 0 Å². The average Bonchev–Trinajstić information content (AvgIpc) is 2.63. The van der Waals surface area contributed by atoms with Gasteiger partial charge in [0, 0.05) is 17.8 Å². The maximum atomic E-state index is 6.22. The van der Waals surface area contributed by atoms with Crippen LogP contribution in [0.3, 0.4) is 0 Å². The van der Waals surface area contributed by atoms with Gasteiger partial charge in [-0.25, -0.2) is 0 Å². The van der Waals surface area contributed by atoms with Gasteiger partial charge in [-0.15, -0.1) is 11.6 Å². The Kier molecular flexibility index (Phi) is 3.72. The van der Waals surface area contributed by atoms with Crippen molar-refractivity contribution < 1.29 is 0 Å². The zero-order valence-electron chi connectivity index (χ0n) is 10.7. The molecule has 0 aliphatic rings. The molecule has 92 valence electrons. The van der Waals surface area contributed by atoms with Crippen LogP contribution in [0.15, 0.2) is 24.3 Å². The van der Waals surface area contributed by atoms with Gasteiger partial charge in [-0.3, -0.25) is 4.68 Å². The lowest BCUT2D eigenvalue weighted by Gasteiger charge is -2.15. The summed E-state index contributed by atoms with van der Waals surface area (Å²) < 4.78 is 1.95. The van der Waals surface area contributed by atoms with Crippen LogP contribution in [-0.2, 0) is 13.5 Å². The maximum Gasteiger partial charge on any atom is 0.0706 e. The van der Waals surface area contributed by atoms with Crippen LogP contribution in [0.2, 0.25) is 0 Å². The first-order valence-corrected chi connectivity index (χ1v) is 6.61. The van der Waals surface area contributed by atoms with Crippen LogP contribution in [0, 0.1) is 5.92 Å². The Bertz CT molecular complexity index is 502. The van der Waals surface area contributed by atoms with Crippen molar-refractivity contribution in [2.24, 2.45) is 13.0 Å². The van der Waals surface area contributed by atoms with Crippen molar-refractivity contribution in [3.05, 3.63) is 30.0 Å². The van der Waals surface area contributed by atoms with Crippen molar-refractivity contribution in [3.8, 4) is 0 Å². The van der Waals surface area contributed by atoms with E-state index in [0.29, 0.717) is 5.92 Å². The summed E-state index contributed by atoms with van der Waals surface area (Å²) in [6.45, 7) is 4.26. The van der Waals surface area contributed by atoms with E-state index in [2.05, 4.69) is 43.2 Å². The largest absolute Gasteiger partial charge is 0.268 e. The fraction of sp³-hybridized carbons (Fsp3) is 0.500. The fourth-order valence-electron chi connectivity index (χ4n) is 2.32. The minimum Gasteiger partial charge on any atom is -0.268 e. The van der Waals surface area contributed by atoms with Gasteiger partial charge < -0.3 is 0 Å². The van der Waals surface area contributed by atoms with Gasteiger partial charge in [-0.2, -0.15) is 5.10 Å². The number of halogens is 1. The molecule has 1 aromatic heterocycles. The number of aryl methyl sites for hydroxylation is 1. The second-order valence-corrected chi connectivity index (χ2v) is 5.33. The Morgan fingerprint density at radius 1 is 1.35 bits per heavy atom. The molecule has 0 amide bonds. The molecule has 3 heteroatoms. The highest BCUT2D eigenvalue weighted by Gasteiger charge is 2.17. The van der Waals surface area contributed by atoms with Crippen LogP contribution < -0.4 is 0 Å². The summed E-state index contributed by atoms with van der Waals surface area (Å²) >= 11 is 6.22. The Hall–Kier alpha value is -1.02. The van der Waals surface area contributed by atoms with Crippen LogP contribution in [0.1, 0.15) is 26.0 Å². The summed E-state index contributed by atoms with van der Waals surface area (Å²) in [6.07, 6.45) is 2.05. The van der Waals surface area contributed by atoms with Crippen LogP contribution in [0.4, 0.5) is 0 Å². The van der Waals surface area contributed by atoms with E-state index in [1.807, 2.05) is 11.7 Å². The summed E-state index contributed by atoms with van der Waals surface area (Å²) in [5, 5.41) is 6.07. The molecule has 0 N–H and O–H groups in total. The topological polar surface area (TPSA) is 17.8 Å². The lowest BCUT2D eigenvalue weighted by atomic mass is 9.96. The molecule has 0 fully saturated rings. The minimum atomic E-state index is 0.195. The molecule has 2 aromatic rings. The maximum absolute atomic E-state index is 6.22. The van der Waals surface area contributed by atoms with Gasteiger partial charge in [0.25, 0.3) is 0 Å². The van der Waals surface area contributed by atoms with Crippen LogP contribution in [-0.4, -0.2) is 15.2 Å². The predicted molar refractivity (Wildman–Crippen MR) is 73.5 cm³/mol. The Morgan fingerprint density at radius 2 is 2.06 bits per heavy atom. The molecule has 2 nitrogen and oxygen atoms in total. The number of hydrogen-bond donors (Lipinski definition) is 0. The number of benzene rings is 1. The first kappa shape index (κ1) is 12.4.